The minimum absolute atomic E-state index is 0.0668. The smallest absolute Gasteiger partial charge is 0.263 e. The zero-order chi connectivity index (χ0) is 20.2. The number of ether oxygens (including phenoxy) is 2. The van der Waals surface area contributed by atoms with E-state index in [0.29, 0.717) is 22.6 Å². The molecule has 3 aromatic rings. The van der Waals surface area contributed by atoms with E-state index in [1.54, 1.807) is 42.5 Å². The van der Waals surface area contributed by atoms with Crippen molar-refractivity contribution in [3.05, 3.63) is 71.9 Å². The Kier molecular flexibility index (Phi) is 4.91. The highest BCUT2D eigenvalue weighted by Crippen LogP contribution is 2.32. The lowest BCUT2D eigenvalue weighted by molar-refractivity contribution is -0.117. The Morgan fingerprint density at radius 3 is 2.76 bits per heavy atom. The third-order valence-corrected chi connectivity index (χ3v) is 4.53. The number of hydrogen-bond acceptors (Lipinski definition) is 6. The summed E-state index contributed by atoms with van der Waals surface area (Å²) >= 11 is 0. The molecule has 0 spiro atoms. The molecule has 7 nitrogen and oxygen atoms in total. The minimum atomic E-state index is -0.499. The molecule has 0 bridgehead atoms. The lowest BCUT2D eigenvalue weighted by atomic mass is 10.1. The van der Waals surface area contributed by atoms with Crippen molar-refractivity contribution in [2.24, 2.45) is 0 Å². The Morgan fingerprint density at radius 1 is 1.10 bits per heavy atom. The van der Waals surface area contributed by atoms with Crippen LogP contribution in [0.3, 0.4) is 0 Å². The predicted molar refractivity (Wildman–Crippen MR) is 107 cm³/mol. The number of nitriles is 1. The van der Waals surface area contributed by atoms with Crippen LogP contribution in [-0.2, 0) is 11.3 Å². The third-order valence-electron chi connectivity index (χ3n) is 4.53. The maximum atomic E-state index is 12.4. The summed E-state index contributed by atoms with van der Waals surface area (Å²) in [4.78, 5) is 12.4. The molecule has 1 heterocycles. The summed E-state index contributed by atoms with van der Waals surface area (Å²) < 4.78 is 10.6. The van der Waals surface area contributed by atoms with Crippen LogP contribution in [0.2, 0.25) is 0 Å². The number of nitrogens with one attached hydrogen (secondary N) is 2. The van der Waals surface area contributed by atoms with Gasteiger partial charge in [0, 0.05) is 29.2 Å². The van der Waals surface area contributed by atoms with Gasteiger partial charge in [0.1, 0.15) is 17.4 Å². The van der Waals surface area contributed by atoms with Crippen LogP contribution in [-0.4, -0.2) is 17.8 Å². The molecule has 1 aliphatic rings. The molecule has 0 aromatic heterocycles. The molecule has 0 unspecified atom stereocenters. The first-order valence-electron chi connectivity index (χ1n) is 8.90. The largest absolute Gasteiger partial charge is 0.507 e. The van der Waals surface area contributed by atoms with Crippen LogP contribution in [0.5, 0.6) is 17.2 Å². The van der Waals surface area contributed by atoms with Crippen molar-refractivity contribution in [2.45, 2.75) is 6.54 Å². The van der Waals surface area contributed by atoms with Crippen molar-refractivity contribution in [1.82, 2.24) is 5.32 Å². The number of benzene rings is 3. The molecule has 3 aromatic carbocycles. The van der Waals surface area contributed by atoms with Gasteiger partial charge in [-0.15, -0.1) is 0 Å². The van der Waals surface area contributed by atoms with E-state index < -0.39 is 5.91 Å². The van der Waals surface area contributed by atoms with Gasteiger partial charge in [-0.1, -0.05) is 30.3 Å². The number of hydrogen-bond donors (Lipinski definition) is 3. The van der Waals surface area contributed by atoms with Gasteiger partial charge < -0.3 is 25.2 Å². The maximum Gasteiger partial charge on any atom is 0.263 e. The fourth-order valence-corrected chi connectivity index (χ4v) is 3.05. The van der Waals surface area contributed by atoms with Crippen LogP contribution in [0.4, 0.5) is 5.69 Å². The average Bonchev–Trinajstić information content (AvgIpc) is 3.21. The second-order valence-electron chi connectivity index (χ2n) is 6.36. The number of phenols is 1. The molecule has 1 amide bonds. The van der Waals surface area contributed by atoms with Gasteiger partial charge in [0.15, 0.2) is 11.5 Å². The van der Waals surface area contributed by atoms with E-state index >= 15 is 0 Å². The van der Waals surface area contributed by atoms with E-state index in [1.165, 1.54) is 6.20 Å². The van der Waals surface area contributed by atoms with Gasteiger partial charge in [-0.25, -0.2) is 0 Å². The fourth-order valence-electron chi connectivity index (χ4n) is 3.05. The average molecular weight is 387 g/mol. The normalized spacial score (nSPS) is 12.4. The van der Waals surface area contributed by atoms with Crippen molar-refractivity contribution in [1.29, 1.82) is 5.26 Å². The first kappa shape index (κ1) is 18.2. The molecular weight excluding hydrogens is 370 g/mol. The zero-order valence-electron chi connectivity index (χ0n) is 15.3. The van der Waals surface area contributed by atoms with Crippen LogP contribution in [0, 0.1) is 11.3 Å². The Bertz CT molecular complexity index is 1160. The number of phenolic OH excluding ortho intramolecular Hbond substituents is 1. The molecule has 144 valence electrons. The van der Waals surface area contributed by atoms with Crippen molar-refractivity contribution in [3.8, 4) is 23.3 Å². The number of rotatable bonds is 5. The third kappa shape index (κ3) is 3.77. The van der Waals surface area contributed by atoms with Crippen molar-refractivity contribution < 1.29 is 19.4 Å². The van der Waals surface area contributed by atoms with Gasteiger partial charge in [0.05, 0.1) is 0 Å². The van der Waals surface area contributed by atoms with Crippen LogP contribution in [0.15, 0.2) is 66.4 Å². The molecule has 0 saturated heterocycles. The molecule has 0 fully saturated rings. The van der Waals surface area contributed by atoms with Crippen LogP contribution in [0.1, 0.15) is 5.56 Å². The Morgan fingerprint density at radius 2 is 1.90 bits per heavy atom. The first-order chi connectivity index (χ1) is 14.2. The highest BCUT2D eigenvalue weighted by Gasteiger charge is 2.14. The first-order valence-corrected chi connectivity index (χ1v) is 8.90. The Balaban J connectivity index is 1.46. The van der Waals surface area contributed by atoms with E-state index in [-0.39, 0.29) is 24.7 Å². The molecular formula is C22H17N3O4. The van der Waals surface area contributed by atoms with Gasteiger partial charge in [-0.05, 0) is 29.8 Å². The second kappa shape index (κ2) is 7.82. The molecule has 29 heavy (non-hydrogen) atoms. The number of anilines is 1. The minimum Gasteiger partial charge on any atom is -0.507 e. The zero-order valence-corrected chi connectivity index (χ0v) is 15.3. The monoisotopic (exact) mass is 387 g/mol. The van der Waals surface area contributed by atoms with Crippen LogP contribution >= 0.6 is 0 Å². The number of carbonyl (C=O) groups excluding carboxylic acids is 1. The van der Waals surface area contributed by atoms with E-state index in [9.17, 15) is 15.2 Å². The molecule has 0 atom stereocenters. The predicted octanol–water partition coefficient (Wildman–Crippen LogP) is 3.41. The highest BCUT2D eigenvalue weighted by molar-refractivity contribution is 6.00. The number of aromatic hydroxyl groups is 1. The van der Waals surface area contributed by atoms with Gasteiger partial charge in [-0.3, -0.25) is 4.79 Å². The summed E-state index contributed by atoms with van der Waals surface area (Å²) in [5.41, 5.74) is 1.44. The molecule has 0 saturated carbocycles. The van der Waals surface area contributed by atoms with Crippen molar-refractivity contribution in [3.63, 3.8) is 0 Å². The summed E-state index contributed by atoms with van der Waals surface area (Å²) in [6.45, 7) is 0.431. The molecule has 3 N–H and O–H groups in total. The summed E-state index contributed by atoms with van der Waals surface area (Å²) in [6, 6.07) is 17.9. The number of nitrogens with zero attached hydrogens (tertiary/aromatic N) is 1. The summed E-state index contributed by atoms with van der Waals surface area (Å²) in [6.07, 6.45) is 1.35. The van der Waals surface area contributed by atoms with Gasteiger partial charge in [0.25, 0.3) is 5.91 Å². The molecule has 4 rings (SSSR count). The van der Waals surface area contributed by atoms with E-state index in [4.69, 9.17) is 9.47 Å². The summed E-state index contributed by atoms with van der Waals surface area (Å²) in [7, 11) is 0. The summed E-state index contributed by atoms with van der Waals surface area (Å²) in [5.74, 6) is 0.967. The van der Waals surface area contributed by atoms with Gasteiger partial charge in [-0.2, -0.15) is 5.26 Å². The highest BCUT2D eigenvalue weighted by atomic mass is 16.7. The SMILES string of the molecule is N#C/C(=C/Nc1cccc2c(O)cccc12)C(=O)NCc1ccc2c(c1)OCO2. The van der Waals surface area contributed by atoms with Gasteiger partial charge >= 0.3 is 0 Å². The number of amides is 1. The fraction of sp³-hybridized carbons (Fsp3) is 0.0909. The van der Waals surface area contributed by atoms with Crippen LogP contribution in [0.25, 0.3) is 10.8 Å². The number of fused-ring (bicyclic) bond motifs is 2. The van der Waals surface area contributed by atoms with Crippen molar-refractivity contribution in [2.75, 3.05) is 12.1 Å². The molecule has 0 aliphatic carbocycles. The van der Waals surface area contributed by atoms with Crippen LogP contribution < -0.4 is 20.1 Å². The van der Waals surface area contributed by atoms with E-state index in [0.717, 1.165) is 10.9 Å². The van der Waals surface area contributed by atoms with Gasteiger partial charge in [0.2, 0.25) is 6.79 Å². The maximum absolute atomic E-state index is 12.4. The van der Waals surface area contributed by atoms with E-state index in [1.807, 2.05) is 18.2 Å². The lowest BCUT2D eigenvalue weighted by Gasteiger charge is -2.09. The Hall–Kier alpha value is -4.18. The second-order valence-corrected chi connectivity index (χ2v) is 6.36. The summed E-state index contributed by atoms with van der Waals surface area (Å²) in [5, 5.41) is 26.5. The Labute approximate surface area is 166 Å². The molecule has 7 heteroatoms. The van der Waals surface area contributed by atoms with E-state index in [2.05, 4.69) is 10.6 Å². The molecule has 1 aliphatic heterocycles. The lowest BCUT2D eigenvalue weighted by Crippen LogP contribution is -2.24. The topological polar surface area (TPSA) is 104 Å². The standard InChI is InChI=1S/C22H17N3O4/c23-10-15(12-24-18-5-1-4-17-16(18)3-2-6-19(17)26)22(27)25-11-14-7-8-20-21(9-14)29-13-28-20/h1-9,12,24,26H,11,13H2,(H,25,27)/b15-12-. The quantitative estimate of drug-likeness (QED) is 0.458. The number of carbonyl (C=O) groups is 1. The molecule has 0 radical (unpaired) electrons. The van der Waals surface area contributed by atoms with Crippen molar-refractivity contribution >= 4 is 22.4 Å².